The highest BCUT2D eigenvalue weighted by Crippen LogP contribution is 2.14. The molecule has 0 aliphatic carbocycles. The van der Waals surface area contributed by atoms with Crippen molar-refractivity contribution in [2.24, 2.45) is 17.7 Å². The number of nitrogen functional groups attached to an aromatic ring is 2. The van der Waals surface area contributed by atoms with E-state index in [9.17, 15) is 0 Å². The highest BCUT2D eigenvalue weighted by molar-refractivity contribution is 5.50. The first kappa shape index (κ1) is 12.5. The second-order valence-electron chi connectivity index (χ2n) is 4.24. The molecule has 1 rings (SSSR count). The van der Waals surface area contributed by atoms with E-state index in [2.05, 4.69) is 41.5 Å². The summed E-state index contributed by atoms with van der Waals surface area (Å²) in [6.07, 6.45) is 0. The monoisotopic (exact) mass is 224 g/mol. The second-order valence-corrected chi connectivity index (χ2v) is 4.24. The maximum Gasteiger partial charge on any atom is 0.223 e. The average molecular weight is 224 g/mol. The van der Waals surface area contributed by atoms with Gasteiger partial charge in [0.05, 0.1) is 0 Å². The van der Waals surface area contributed by atoms with Crippen LogP contribution in [-0.4, -0.2) is 16.5 Å². The van der Waals surface area contributed by atoms with Gasteiger partial charge in [-0.1, -0.05) is 20.8 Å². The van der Waals surface area contributed by atoms with Crippen molar-refractivity contribution in [1.82, 2.24) is 9.97 Å². The Morgan fingerprint density at radius 3 is 2.44 bits per heavy atom. The minimum absolute atomic E-state index is 0.204. The molecule has 6 heteroatoms. The van der Waals surface area contributed by atoms with Gasteiger partial charge in [0.15, 0.2) is 0 Å². The highest BCUT2D eigenvalue weighted by atomic mass is 15.3. The third kappa shape index (κ3) is 3.54. The highest BCUT2D eigenvalue weighted by Gasteiger charge is 2.07. The van der Waals surface area contributed by atoms with Crippen molar-refractivity contribution < 1.29 is 0 Å². The largest absolute Gasteiger partial charge is 0.370 e. The standard InChI is InChI=1S/C10H20N6/c1-6(2)7(3)5-13-8-4-9(16-12)15-10(11)14-8/h4,6-7H,5,12H2,1-3H3,(H4,11,13,14,15,16). The predicted octanol–water partition coefficient (Wildman–Crippen LogP) is 1.05. The van der Waals surface area contributed by atoms with E-state index in [1.807, 2.05) is 0 Å². The van der Waals surface area contributed by atoms with Crippen LogP contribution in [-0.2, 0) is 0 Å². The topological polar surface area (TPSA) is 102 Å². The molecular formula is C10H20N6. The van der Waals surface area contributed by atoms with Crippen molar-refractivity contribution in [2.75, 3.05) is 23.0 Å². The molecular weight excluding hydrogens is 204 g/mol. The van der Waals surface area contributed by atoms with E-state index in [1.165, 1.54) is 0 Å². The van der Waals surface area contributed by atoms with E-state index in [0.29, 0.717) is 23.5 Å². The lowest BCUT2D eigenvalue weighted by Gasteiger charge is -2.16. The number of rotatable bonds is 5. The average Bonchev–Trinajstić information content (AvgIpc) is 2.24. The third-order valence-corrected chi connectivity index (χ3v) is 2.63. The summed E-state index contributed by atoms with van der Waals surface area (Å²) >= 11 is 0. The van der Waals surface area contributed by atoms with E-state index in [0.717, 1.165) is 6.54 Å². The van der Waals surface area contributed by atoms with Gasteiger partial charge in [-0.2, -0.15) is 9.97 Å². The first-order valence-corrected chi connectivity index (χ1v) is 5.38. The molecule has 90 valence electrons. The van der Waals surface area contributed by atoms with Crippen molar-refractivity contribution in [3.8, 4) is 0 Å². The first-order chi connectivity index (χ1) is 7.52. The molecule has 1 aromatic heterocycles. The summed E-state index contributed by atoms with van der Waals surface area (Å²) < 4.78 is 0. The predicted molar refractivity (Wildman–Crippen MR) is 66.7 cm³/mol. The van der Waals surface area contributed by atoms with Crippen LogP contribution >= 0.6 is 0 Å². The normalized spacial score (nSPS) is 12.6. The van der Waals surface area contributed by atoms with Gasteiger partial charge in [0.1, 0.15) is 11.6 Å². The number of anilines is 3. The van der Waals surface area contributed by atoms with Gasteiger partial charge in [-0.25, -0.2) is 5.84 Å². The molecule has 1 aromatic rings. The van der Waals surface area contributed by atoms with Gasteiger partial charge in [-0.3, -0.25) is 0 Å². The lowest BCUT2D eigenvalue weighted by molar-refractivity contribution is 0.439. The molecule has 1 unspecified atom stereocenters. The van der Waals surface area contributed by atoms with Crippen LogP contribution in [0.4, 0.5) is 17.6 Å². The summed E-state index contributed by atoms with van der Waals surface area (Å²) in [6, 6.07) is 1.73. The van der Waals surface area contributed by atoms with Crippen molar-refractivity contribution in [3.05, 3.63) is 6.07 Å². The molecule has 6 N–H and O–H groups in total. The number of hydrogen-bond acceptors (Lipinski definition) is 6. The number of hydrazine groups is 1. The summed E-state index contributed by atoms with van der Waals surface area (Å²) in [4.78, 5) is 7.98. The van der Waals surface area contributed by atoms with E-state index in [4.69, 9.17) is 11.6 Å². The van der Waals surface area contributed by atoms with E-state index in [1.54, 1.807) is 6.07 Å². The molecule has 0 aliphatic rings. The van der Waals surface area contributed by atoms with Gasteiger partial charge in [-0.05, 0) is 11.8 Å². The lowest BCUT2D eigenvalue weighted by Crippen LogP contribution is -2.18. The Kier molecular flexibility index (Phi) is 4.30. The smallest absolute Gasteiger partial charge is 0.223 e. The van der Waals surface area contributed by atoms with Gasteiger partial charge in [0, 0.05) is 12.6 Å². The van der Waals surface area contributed by atoms with Crippen LogP contribution in [0, 0.1) is 11.8 Å². The molecule has 0 saturated heterocycles. The molecule has 0 radical (unpaired) electrons. The van der Waals surface area contributed by atoms with Gasteiger partial charge in [-0.15, -0.1) is 0 Å². The Balaban J connectivity index is 2.63. The Morgan fingerprint density at radius 2 is 1.88 bits per heavy atom. The molecule has 0 aliphatic heterocycles. The summed E-state index contributed by atoms with van der Waals surface area (Å²) in [5, 5.41) is 3.21. The van der Waals surface area contributed by atoms with Gasteiger partial charge in [0.2, 0.25) is 5.95 Å². The number of nitrogens with one attached hydrogen (secondary N) is 2. The summed E-state index contributed by atoms with van der Waals surface area (Å²) in [5.41, 5.74) is 7.99. The van der Waals surface area contributed by atoms with Crippen LogP contribution < -0.4 is 22.3 Å². The second kappa shape index (κ2) is 5.50. The maximum absolute atomic E-state index is 5.54. The van der Waals surface area contributed by atoms with Crippen molar-refractivity contribution >= 4 is 17.6 Å². The number of nitrogens with zero attached hydrogens (tertiary/aromatic N) is 2. The van der Waals surface area contributed by atoms with Gasteiger partial charge in [0.25, 0.3) is 0 Å². The number of hydrogen-bond donors (Lipinski definition) is 4. The Labute approximate surface area is 95.8 Å². The van der Waals surface area contributed by atoms with Crippen LogP contribution in [0.3, 0.4) is 0 Å². The zero-order chi connectivity index (χ0) is 12.1. The molecule has 0 amide bonds. The lowest BCUT2D eigenvalue weighted by atomic mass is 9.98. The van der Waals surface area contributed by atoms with Crippen LogP contribution in [0.1, 0.15) is 20.8 Å². The van der Waals surface area contributed by atoms with Gasteiger partial charge < -0.3 is 16.5 Å². The minimum Gasteiger partial charge on any atom is -0.370 e. The number of aromatic nitrogens is 2. The Bertz CT molecular complexity index is 338. The van der Waals surface area contributed by atoms with Crippen LogP contribution in [0.25, 0.3) is 0 Å². The van der Waals surface area contributed by atoms with Crippen LogP contribution in [0.2, 0.25) is 0 Å². The van der Waals surface area contributed by atoms with Crippen LogP contribution in [0.15, 0.2) is 6.07 Å². The third-order valence-electron chi connectivity index (χ3n) is 2.63. The van der Waals surface area contributed by atoms with Crippen molar-refractivity contribution in [1.29, 1.82) is 0 Å². The van der Waals surface area contributed by atoms with E-state index < -0.39 is 0 Å². The van der Waals surface area contributed by atoms with Crippen molar-refractivity contribution in [2.45, 2.75) is 20.8 Å². The first-order valence-electron chi connectivity index (χ1n) is 5.38. The van der Waals surface area contributed by atoms with Crippen molar-refractivity contribution in [3.63, 3.8) is 0 Å². The molecule has 16 heavy (non-hydrogen) atoms. The minimum atomic E-state index is 0.204. The molecule has 0 bridgehead atoms. The molecule has 0 saturated carbocycles. The summed E-state index contributed by atoms with van der Waals surface area (Å²) in [7, 11) is 0. The Morgan fingerprint density at radius 1 is 1.25 bits per heavy atom. The Hall–Kier alpha value is -1.56. The molecule has 1 atom stereocenters. The SMILES string of the molecule is CC(C)C(C)CNc1cc(NN)nc(N)n1. The molecule has 1 heterocycles. The fourth-order valence-corrected chi connectivity index (χ4v) is 1.13. The van der Waals surface area contributed by atoms with E-state index in [-0.39, 0.29) is 5.95 Å². The van der Waals surface area contributed by atoms with Gasteiger partial charge >= 0.3 is 0 Å². The quantitative estimate of drug-likeness (QED) is 0.440. The summed E-state index contributed by atoms with van der Waals surface area (Å²) in [6.45, 7) is 7.41. The fourth-order valence-electron chi connectivity index (χ4n) is 1.13. The van der Waals surface area contributed by atoms with E-state index >= 15 is 0 Å². The summed E-state index contributed by atoms with van der Waals surface area (Å²) in [5.74, 6) is 7.85. The van der Waals surface area contributed by atoms with Crippen LogP contribution in [0.5, 0.6) is 0 Å². The molecule has 6 nitrogen and oxygen atoms in total. The maximum atomic E-state index is 5.54. The number of nitrogens with two attached hydrogens (primary N) is 2. The zero-order valence-electron chi connectivity index (χ0n) is 9.99. The zero-order valence-corrected chi connectivity index (χ0v) is 9.99. The molecule has 0 aromatic carbocycles. The fraction of sp³-hybridized carbons (Fsp3) is 0.600. The molecule has 0 fully saturated rings. The molecule has 0 spiro atoms.